The second-order valence-electron chi connectivity index (χ2n) is 2.73. The largest absolute Gasteiger partial charge is 0.507 e. The predicted molar refractivity (Wildman–Crippen MR) is 52.6 cm³/mol. The Bertz CT molecular complexity index is 448. The second-order valence-corrected chi connectivity index (χ2v) is 2.73. The van der Waals surface area contributed by atoms with Crippen molar-refractivity contribution < 1.29 is 5.11 Å². The van der Waals surface area contributed by atoms with Crippen LogP contribution in [0.15, 0.2) is 45.3 Å². The summed E-state index contributed by atoms with van der Waals surface area (Å²) in [4.78, 5) is 3.84. The van der Waals surface area contributed by atoms with Crippen molar-refractivity contribution in [2.75, 3.05) is 0 Å². The van der Waals surface area contributed by atoms with Gasteiger partial charge in [-0.3, -0.25) is 0 Å². The average Bonchev–Trinajstić information content (AvgIpc) is 2.56. The molecule has 1 aromatic rings. The summed E-state index contributed by atoms with van der Waals surface area (Å²) in [6.07, 6.45) is 1.61. The zero-order chi connectivity index (χ0) is 9.97. The SMILES string of the molecule is NC1=N/C(=C/c2ccccc2O)N=N1. The van der Waals surface area contributed by atoms with Gasteiger partial charge in [-0.05, 0) is 12.1 Å². The standard InChI is InChI=1S/C9H8N4O/c10-9-11-8(12-13-9)5-6-3-1-2-4-7(6)14/h1-5,14H,(H2,10,11)/b8-5-. The lowest BCUT2D eigenvalue weighted by atomic mass is 10.2. The van der Waals surface area contributed by atoms with Gasteiger partial charge in [0, 0.05) is 5.56 Å². The molecule has 0 aliphatic carbocycles. The van der Waals surface area contributed by atoms with E-state index in [2.05, 4.69) is 15.2 Å². The molecule has 0 radical (unpaired) electrons. The number of hydrogen-bond donors (Lipinski definition) is 2. The van der Waals surface area contributed by atoms with Gasteiger partial charge in [-0.25, -0.2) is 0 Å². The maximum absolute atomic E-state index is 9.44. The number of azo groups is 1. The zero-order valence-corrected chi connectivity index (χ0v) is 7.25. The van der Waals surface area contributed by atoms with Crippen molar-refractivity contribution in [1.82, 2.24) is 0 Å². The van der Waals surface area contributed by atoms with Crippen LogP contribution >= 0.6 is 0 Å². The lowest BCUT2D eigenvalue weighted by Gasteiger charge is -1.96. The van der Waals surface area contributed by atoms with E-state index in [1.165, 1.54) is 0 Å². The molecule has 1 aliphatic rings. The van der Waals surface area contributed by atoms with Crippen LogP contribution in [0.5, 0.6) is 5.75 Å². The van der Waals surface area contributed by atoms with Crippen LogP contribution in [-0.2, 0) is 0 Å². The molecular weight excluding hydrogens is 180 g/mol. The highest BCUT2D eigenvalue weighted by Gasteiger charge is 2.04. The minimum Gasteiger partial charge on any atom is -0.507 e. The quantitative estimate of drug-likeness (QED) is 0.699. The number of phenolic OH excluding ortho intramolecular Hbond substituents is 1. The predicted octanol–water partition coefficient (Wildman–Crippen LogP) is 1.47. The Kier molecular flexibility index (Phi) is 1.98. The van der Waals surface area contributed by atoms with Gasteiger partial charge >= 0.3 is 0 Å². The van der Waals surface area contributed by atoms with Gasteiger partial charge in [0.15, 0.2) is 5.82 Å². The fourth-order valence-electron chi connectivity index (χ4n) is 1.07. The monoisotopic (exact) mass is 188 g/mol. The Labute approximate surface area is 80.3 Å². The van der Waals surface area contributed by atoms with Crippen LogP contribution in [0.2, 0.25) is 0 Å². The number of para-hydroxylation sites is 1. The Hall–Kier alpha value is -2.17. The molecule has 0 bridgehead atoms. The first kappa shape index (κ1) is 8.43. The minimum absolute atomic E-state index is 0.131. The summed E-state index contributed by atoms with van der Waals surface area (Å²) in [5, 5.41) is 16.7. The van der Waals surface area contributed by atoms with Gasteiger partial charge < -0.3 is 10.8 Å². The number of nitrogens with two attached hydrogens (primary N) is 1. The van der Waals surface area contributed by atoms with Crippen molar-refractivity contribution in [3.8, 4) is 5.75 Å². The summed E-state index contributed by atoms with van der Waals surface area (Å²) in [5.41, 5.74) is 5.94. The number of benzene rings is 1. The van der Waals surface area contributed by atoms with Crippen molar-refractivity contribution in [2.45, 2.75) is 0 Å². The molecule has 5 heteroatoms. The molecule has 14 heavy (non-hydrogen) atoms. The highest BCUT2D eigenvalue weighted by molar-refractivity contribution is 5.82. The smallest absolute Gasteiger partial charge is 0.242 e. The average molecular weight is 188 g/mol. The molecule has 0 unspecified atom stereocenters. The van der Waals surface area contributed by atoms with E-state index in [0.29, 0.717) is 11.4 Å². The third kappa shape index (κ3) is 1.61. The van der Waals surface area contributed by atoms with Crippen LogP contribution < -0.4 is 5.73 Å². The summed E-state index contributed by atoms with van der Waals surface area (Å²) >= 11 is 0. The van der Waals surface area contributed by atoms with E-state index in [1.54, 1.807) is 24.3 Å². The van der Waals surface area contributed by atoms with Gasteiger partial charge in [-0.2, -0.15) is 4.99 Å². The molecule has 2 rings (SSSR count). The number of aromatic hydroxyl groups is 1. The maximum atomic E-state index is 9.44. The van der Waals surface area contributed by atoms with Gasteiger partial charge in [-0.15, -0.1) is 10.2 Å². The summed E-state index contributed by atoms with van der Waals surface area (Å²) < 4.78 is 0. The Balaban J connectivity index is 2.36. The third-order valence-corrected chi connectivity index (χ3v) is 1.71. The maximum Gasteiger partial charge on any atom is 0.242 e. The Morgan fingerprint density at radius 1 is 1.21 bits per heavy atom. The minimum atomic E-state index is 0.131. The van der Waals surface area contributed by atoms with Crippen molar-refractivity contribution >= 4 is 12.0 Å². The van der Waals surface area contributed by atoms with Crippen LogP contribution in [0.3, 0.4) is 0 Å². The Morgan fingerprint density at radius 2 is 2.00 bits per heavy atom. The summed E-state index contributed by atoms with van der Waals surface area (Å²) in [7, 11) is 0. The molecule has 1 heterocycles. The number of nitrogens with zero attached hydrogens (tertiary/aromatic N) is 3. The van der Waals surface area contributed by atoms with E-state index in [9.17, 15) is 5.11 Å². The van der Waals surface area contributed by atoms with Crippen molar-refractivity contribution in [3.63, 3.8) is 0 Å². The van der Waals surface area contributed by atoms with Gasteiger partial charge in [0.1, 0.15) is 5.75 Å². The van der Waals surface area contributed by atoms with Crippen LogP contribution in [0, 0.1) is 0 Å². The molecule has 1 aromatic carbocycles. The van der Waals surface area contributed by atoms with E-state index in [4.69, 9.17) is 5.73 Å². The van der Waals surface area contributed by atoms with Crippen LogP contribution in [0.4, 0.5) is 0 Å². The molecule has 3 N–H and O–H groups in total. The molecule has 0 saturated carbocycles. The molecule has 70 valence electrons. The van der Waals surface area contributed by atoms with Gasteiger partial charge in [0.2, 0.25) is 5.96 Å². The number of rotatable bonds is 1. The van der Waals surface area contributed by atoms with E-state index in [1.807, 2.05) is 6.07 Å². The van der Waals surface area contributed by atoms with E-state index < -0.39 is 0 Å². The molecule has 0 spiro atoms. The van der Waals surface area contributed by atoms with Crippen molar-refractivity contribution in [1.29, 1.82) is 0 Å². The normalized spacial score (nSPS) is 17.4. The first-order chi connectivity index (χ1) is 6.75. The van der Waals surface area contributed by atoms with Gasteiger partial charge in [-0.1, -0.05) is 18.2 Å². The zero-order valence-electron chi connectivity index (χ0n) is 7.25. The first-order valence-corrected chi connectivity index (χ1v) is 4.01. The fraction of sp³-hybridized carbons (Fsp3) is 0. The first-order valence-electron chi connectivity index (χ1n) is 4.01. The highest BCUT2D eigenvalue weighted by atomic mass is 16.3. The number of hydrogen-bond acceptors (Lipinski definition) is 5. The lowest BCUT2D eigenvalue weighted by molar-refractivity contribution is 0.474. The van der Waals surface area contributed by atoms with Gasteiger partial charge in [0.05, 0.1) is 0 Å². The molecule has 0 atom stereocenters. The van der Waals surface area contributed by atoms with E-state index in [-0.39, 0.29) is 11.7 Å². The van der Waals surface area contributed by atoms with E-state index in [0.717, 1.165) is 0 Å². The second kappa shape index (κ2) is 3.29. The third-order valence-electron chi connectivity index (χ3n) is 1.71. The summed E-state index contributed by atoms with van der Waals surface area (Å²) in [6.45, 7) is 0. The van der Waals surface area contributed by atoms with E-state index >= 15 is 0 Å². The molecule has 0 amide bonds. The lowest BCUT2D eigenvalue weighted by Crippen LogP contribution is -2.03. The number of aliphatic imine (C=N–C) groups is 1. The van der Waals surface area contributed by atoms with Crippen LogP contribution in [0.25, 0.3) is 6.08 Å². The Morgan fingerprint density at radius 3 is 2.64 bits per heavy atom. The van der Waals surface area contributed by atoms with Gasteiger partial charge in [0.25, 0.3) is 0 Å². The summed E-state index contributed by atoms with van der Waals surface area (Å²) in [5.74, 6) is 0.701. The topological polar surface area (TPSA) is 83.3 Å². The molecule has 5 nitrogen and oxygen atoms in total. The van der Waals surface area contributed by atoms with Crippen LogP contribution in [0.1, 0.15) is 5.56 Å². The molecule has 0 saturated heterocycles. The molecule has 0 fully saturated rings. The fourth-order valence-corrected chi connectivity index (χ4v) is 1.07. The molecule has 1 aliphatic heterocycles. The molecule has 0 aromatic heterocycles. The van der Waals surface area contributed by atoms with Crippen molar-refractivity contribution in [3.05, 3.63) is 35.6 Å². The van der Waals surface area contributed by atoms with Crippen molar-refractivity contribution in [2.24, 2.45) is 21.0 Å². The van der Waals surface area contributed by atoms with Crippen LogP contribution in [-0.4, -0.2) is 11.1 Å². The number of phenols is 1. The molecular formula is C9H8N4O. The number of guanidine groups is 1. The summed E-state index contributed by atoms with van der Waals surface area (Å²) in [6, 6.07) is 6.89. The highest BCUT2D eigenvalue weighted by Crippen LogP contribution is 2.21.